The molecule has 1 N–H and O–H groups in total. The van der Waals surface area contributed by atoms with Gasteiger partial charge in [0.2, 0.25) is 0 Å². The Bertz CT molecular complexity index is 856. The molecular formula is C21H22N2O5. The first-order valence-corrected chi connectivity index (χ1v) is 8.85. The van der Waals surface area contributed by atoms with Crippen LogP contribution in [-0.4, -0.2) is 32.2 Å². The smallest absolute Gasteiger partial charge is 0.338 e. The van der Waals surface area contributed by atoms with Gasteiger partial charge in [0.05, 0.1) is 30.9 Å². The van der Waals surface area contributed by atoms with Gasteiger partial charge in [-0.25, -0.2) is 4.79 Å². The van der Waals surface area contributed by atoms with Gasteiger partial charge < -0.3 is 19.5 Å². The number of esters is 1. The van der Waals surface area contributed by atoms with Crippen LogP contribution in [0.3, 0.4) is 0 Å². The van der Waals surface area contributed by atoms with Gasteiger partial charge in [-0.1, -0.05) is 13.3 Å². The topological polar surface area (TPSA) is 97.6 Å². The van der Waals surface area contributed by atoms with Gasteiger partial charge in [0, 0.05) is 5.69 Å². The Hall–Kier alpha value is -3.53. The maximum absolute atomic E-state index is 12.2. The van der Waals surface area contributed by atoms with E-state index in [0.717, 1.165) is 12.8 Å². The summed E-state index contributed by atoms with van der Waals surface area (Å²) in [6.45, 7) is 2.19. The molecule has 0 aromatic heterocycles. The molecule has 28 heavy (non-hydrogen) atoms. The Morgan fingerprint density at radius 1 is 1.11 bits per heavy atom. The van der Waals surface area contributed by atoms with Crippen molar-refractivity contribution >= 4 is 17.6 Å². The van der Waals surface area contributed by atoms with Crippen LogP contribution in [0.5, 0.6) is 11.5 Å². The SMILES string of the molecule is CCCCOc1ccc(C(=O)OCC(=O)Nc2ccc(C#N)cc2)cc1OC. The molecule has 0 saturated heterocycles. The van der Waals surface area contributed by atoms with Crippen LogP contribution in [0.1, 0.15) is 35.7 Å². The highest BCUT2D eigenvalue weighted by Crippen LogP contribution is 2.28. The number of hydrogen-bond acceptors (Lipinski definition) is 6. The van der Waals surface area contributed by atoms with Crippen molar-refractivity contribution in [3.05, 3.63) is 53.6 Å². The molecule has 0 aliphatic rings. The van der Waals surface area contributed by atoms with Crippen LogP contribution in [-0.2, 0) is 9.53 Å². The molecule has 0 heterocycles. The molecule has 7 heteroatoms. The summed E-state index contributed by atoms with van der Waals surface area (Å²) in [5.41, 5.74) is 1.25. The second-order valence-electron chi connectivity index (χ2n) is 5.88. The van der Waals surface area contributed by atoms with Crippen LogP contribution >= 0.6 is 0 Å². The highest BCUT2D eigenvalue weighted by molar-refractivity contribution is 5.95. The minimum atomic E-state index is -0.645. The van der Waals surface area contributed by atoms with Gasteiger partial charge in [0.25, 0.3) is 5.91 Å². The number of anilines is 1. The number of unbranched alkanes of at least 4 members (excludes halogenated alkanes) is 1. The lowest BCUT2D eigenvalue weighted by Gasteiger charge is -2.12. The van der Waals surface area contributed by atoms with Crippen molar-refractivity contribution in [3.63, 3.8) is 0 Å². The molecule has 2 aromatic carbocycles. The predicted molar refractivity (Wildman–Crippen MR) is 103 cm³/mol. The number of rotatable bonds is 9. The summed E-state index contributed by atoms with van der Waals surface area (Å²) in [7, 11) is 1.49. The van der Waals surface area contributed by atoms with Gasteiger partial charge in [-0.05, 0) is 48.9 Å². The number of nitriles is 1. The zero-order valence-corrected chi connectivity index (χ0v) is 15.9. The lowest BCUT2D eigenvalue weighted by Crippen LogP contribution is -2.21. The number of nitrogens with one attached hydrogen (secondary N) is 1. The third-order valence-electron chi connectivity index (χ3n) is 3.79. The van der Waals surface area contributed by atoms with Crippen LogP contribution in [0, 0.1) is 11.3 Å². The maximum atomic E-state index is 12.2. The van der Waals surface area contributed by atoms with Crippen LogP contribution in [0.15, 0.2) is 42.5 Å². The molecule has 2 rings (SSSR count). The molecule has 0 spiro atoms. The minimum absolute atomic E-state index is 0.255. The van der Waals surface area contributed by atoms with E-state index in [9.17, 15) is 9.59 Å². The first-order chi connectivity index (χ1) is 13.6. The first kappa shape index (κ1) is 20.8. The number of hydrogen-bond donors (Lipinski definition) is 1. The summed E-state index contributed by atoms with van der Waals surface area (Å²) in [6.07, 6.45) is 1.93. The largest absolute Gasteiger partial charge is 0.493 e. The van der Waals surface area contributed by atoms with E-state index in [4.69, 9.17) is 19.5 Å². The van der Waals surface area contributed by atoms with E-state index in [1.807, 2.05) is 6.07 Å². The molecule has 7 nitrogen and oxygen atoms in total. The van der Waals surface area contributed by atoms with Crippen molar-refractivity contribution in [2.75, 3.05) is 25.6 Å². The van der Waals surface area contributed by atoms with Crippen molar-refractivity contribution in [3.8, 4) is 17.6 Å². The summed E-state index contributed by atoms with van der Waals surface area (Å²) >= 11 is 0. The van der Waals surface area contributed by atoms with Crippen LogP contribution in [0.25, 0.3) is 0 Å². The van der Waals surface area contributed by atoms with Crippen LogP contribution < -0.4 is 14.8 Å². The fourth-order valence-electron chi connectivity index (χ4n) is 2.28. The second-order valence-corrected chi connectivity index (χ2v) is 5.88. The minimum Gasteiger partial charge on any atom is -0.493 e. The lowest BCUT2D eigenvalue weighted by atomic mass is 10.2. The molecule has 0 atom stereocenters. The molecule has 146 valence electrons. The molecular weight excluding hydrogens is 360 g/mol. The monoisotopic (exact) mass is 382 g/mol. The summed E-state index contributed by atoms with van der Waals surface area (Å²) in [4.78, 5) is 24.1. The molecule has 2 aromatic rings. The van der Waals surface area contributed by atoms with Gasteiger partial charge in [-0.15, -0.1) is 0 Å². The van der Waals surface area contributed by atoms with Crippen LogP contribution in [0.4, 0.5) is 5.69 Å². The Kier molecular flexibility index (Phi) is 7.85. The molecule has 0 saturated carbocycles. The zero-order valence-electron chi connectivity index (χ0n) is 15.9. The number of amides is 1. The summed E-state index contributed by atoms with van der Waals surface area (Å²) in [5.74, 6) is -0.156. The molecule has 1 amide bonds. The first-order valence-electron chi connectivity index (χ1n) is 8.85. The highest BCUT2D eigenvalue weighted by atomic mass is 16.5. The van der Waals surface area contributed by atoms with E-state index in [-0.39, 0.29) is 5.56 Å². The Balaban J connectivity index is 1.90. The average molecular weight is 382 g/mol. The molecule has 0 aliphatic heterocycles. The van der Waals surface area contributed by atoms with Crippen LogP contribution in [0.2, 0.25) is 0 Å². The highest BCUT2D eigenvalue weighted by Gasteiger charge is 2.14. The van der Waals surface area contributed by atoms with Crippen molar-refractivity contribution in [2.45, 2.75) is 19.8 Å². The van der Waals surface area contributed by atoms with Crippen molar-refractivity contribution in [1.82, 2.24) is 0 Å². The van der Waals surface area contributed by atoms with Crippen molar-refractivity contribution in [1.29, 1.82) is 5.26 Å². The summed E-state index contributed by atoms with van der Waals surface area (Å²) < 4.78 is 15.9. The van der Waals surface area contributed by atoms with Gasteiger partial charge >= 0.3 is 5.97 Å². The van der Waals surface area contributed by atoms with E-state index < -0.39 is 18.5 Å². The number of carbonyl (C=O) groups excluding carboxylic acids is 2. The molecule has 0 radical (unpaired) electrons. The lowest BCUT2D eigenvalue weighted by molar-refractivity contribution is -0.119. The van der Waals surface area contributed by atoms with Crippen molar-refractivity contribution < 1.29 is 23.8 Å². The van der Waals surface area contributed by atoms with E-state index in [2.05, 4.69) is 12.2 Å². The number of ether oxygens (including phenoxy) is 3. The predicted octanol–water partition coefficient (Wildman–Crippen LogP) is 3.54. The van der Waals surface area contributed by atoms with E-state index in [1.165, 1.54) is 13.2 Å². The third kappa shape index (κ3) is 6.02. The Morgan fingerprint density at radius 2 is 1.86 bits per heavy atom. The molecule has 0 bridgehead atoms. The van der Waals surface area contributed by atoms with Gasteiger partial charge in [0.15, 0.2) is 18.1 Å². The fraction of sp³-hybridized carbons (Fsp3) is 0.286. The number of nitrogens with zero attached hydrogens (tertiary/aromatic N) is 1. The fourth-order valence-corrected chi connectivity index (χ4v) is 2.28. The van der Waals surface area contributed by atoms with E-state index >= 15 is 0 Å². The third-order valence-corrected chi connectivity index (χ3v) is 3.79. The molecule has 0 fully saturated rings. The number of carbonyl (C=O) groups is 2. The summed E-state index contributed by atoms with van der Waals surface area (Å²) in [5, 5.41) is 11.4. The molecule has 0 unspecified atom stereocenters. The average Bonchev–Trinajstić information content (AvgIpc) is 2.73. The Morgan fingerprint density at radius 3 is 2.50 bits per heavy atom. The Labute approximate surface area is 163 Å². The second kappa shape index (κ2) is 10.6. The van der Waals surface area contributed by atoms with Gasteiger partial charge in [-0.2, -0.15) is 5.26 Å². The summed E-state index contributed by atoms with van der Waals surface area (Å²) in [6, 6.07) is 13.1. The molecule has 0 aliphatic carbocycles. The number of benzene rings is 2. The van der Waals surface area contributed by atoms with E-state index in [1.54, 1.807) is 36.4 Å². The number of methoxy groups -OCH3 is 1. The maximum Gasteiger partial charge on any atom is 0.338 e. The van der Waals surface area contributed by atoms with Crippen molar-refractivity contribution in [2.24, 2.45) is 0 Å². The zero-order chi connectivity index (χ0) is 20.4. The normalized spacial score (nSPS) is 9.89. The standard InChI is InChI=1S/C21H22N2O5/c1-3-4-11-27-18-10-7-16(12-19(18)26-2)21(25)28-14-20(24)23-17-8-5-15(13-22)6-9-17/h5-10,12H,3-4,11,14H2,1-2H3,(H,23,24). The quantitative estimate of drug-likeness (QED) is 0.526. The van der Waals surface area contributed by atoms with E-state index in [0.29, 0.717) is 29.4 Å². The van der Waals surface area contributed by atoms with Gasteiger partial charge in [0.1, 0.15) is 0 Å². The van der Waals surface area contributed by atoms with Gasteiger partial charge in [-0.3, -0.25) is 4.79 Å².